The van der Waals surface area contributed by atoms with Crippen molar-refractivity contribution < 1.29 is 19.4 Å². The van der Waals surface area contributed by atoms with E-state index < -0.39 is 5.97 Å². The molecule has 0 saturated heterocycles. The van der Waals surface area contributed by atoms with Crippen LogP contribution in [0.5, 0.6) is 0 Å². The summed E-state index contributed by atoms with van der Waals surface area (Å²) in [4.78, 5) is 10.3. The number of aliphatic carboxylic acids is 1. The number of methoxy groups -OCH3 is 1. The van der Waals surface area contributed by atoms with E-state index in [-0.39, 0.29) is 12.5 Å². The van der Waals surface area contributed by atoms with Crippen molar-refractivity contribution >= 4 is 5.97 Å². The van der Waals surface area contributed by atoms with Crippen LogP contribution in [0.3, 0.4) is 0 Å². The highest BCUT2D eigenvalue weighted by Crippen LogP contribution is 1.89. The summed E-state index contributed by atoms with van der Waals surface area (Å²) in [5.74, 6) is -0.787. The van der Waals surface area contributed by atoms with Crippen molar-refractivity contribution in [3.8, 4) is 0 Å². The van der Waals surface area contributed by atoms with Crippen LogP contribution < -0.4 is 5.32 Å². The molecule has 0 aliphatic rings. The lowest BCUT2D eigenvalue weighted by Gasteiger charge is -2.11. The van der Waals surface area contributed by atoms with E-state index in [2.05, 4.69) is 5.32 Å². The number of carbonyl (C=O) groups is 1. The van der Waals surface area contributed by atoms with Gasteiger partial charge in [-0.05, 0) is 6.92 Å². The number of hydrogen-bond acceptors (Lipinski definition) is 4. The molecule has 0 amide bonds. The largest absolute Gasteiger partial charge is 0.481 e. The number of rotatable bonds is 9. The fourth-order valence-corrected chi connectivity index (χ4v) is 0.956. The normalized spacial score (nSPS) is 12.7. The van der Waals surface area contributed by atoms with E-state index >= 15 is 0 Å². The average Bonchev–Trinajstić information content (AvgIpc) is 2.10. The summed E-state index contributed by atoms with van der Waals surface area (Å²) in [7, 11) is 1.62. The van der Waals surface area contributed by atoms with E-state index in [1.807, 2.05) is 6.92 Å². The van der Waals surface area contributed by atoms with Gasteiger partial charge in [-0.2, -0.15) is 0 Å². The first kappa shape index (κ1) is 13.4. The zero-order valence-corrected chi connectivity index (χ0v) is 8.78. The lowest BCUT2D eigenvalue weighted by Crippen LogP contribution is -2.31. The van der Waals surface area contributed by atoms with Gasteiger partial charge in [0, 0.05) is 19.7 Å². The van der Waals surface area contributed by atoms with E-state index in [1.54, 1.807) is 7.11 Å². The Morgan fingerprint density at radius 3 is 2.71 bits per heavy atom. The van der Waals surface area contributed by atoms with Gasteiger partial charge in [0.2, 0.25) is 0 Å². The highest BCUT2D eigenvalue weighted by molar-refractivity contribution is 5.67. The summed E-state index contributed by atoms with van der Waals surface area (Å²) in [5, 5.41) is 11.5. The Bertz CT molecular complexity index is 152. The minimum Gasteiger partial charge on any atom is -0.481 e. The second-order valence-corrected chi connectivity index (χ2v) is 3.06. The molecule has 0 radical (unpaired) electrons. The van der Waals surface area contributed by atoms with Gasteiger partial charge in [0.05, 0.1) is 26.2 Å². The average molecular weight is 205 g/mol. The van der Waals surface area contributed by atoms with E-state index in [9.17, 15) is 4.79 Å². The van der Waals surface area contributed by atoms with Crippen LogP contribution in [-0.4, -0.2) is 50.6 Å². The molecule has 0 rings (SSSR count). The fourth-order valence-electron chi connectivity index (χ4n) is 0.956. The van der Waals surface area contributed by atoms with Crippen LogP contribution in [0.25, 0.3) is 0 Å². The lowest BCUT2D eigenvalue weighted by atomic mass is 10.2. The van der Waals surface area contributed by atoms with E-state index in [1.165, 1.54) is 0 Å². The minimum absolute atomic E-state index is 0.0153. The van der Waals surface area contributed by atoms with Gasteiger partial charge in [-0.3, -0.25) is 4.79 Å². The molecule has 0 aromatic carbocycles. The van der Waals surface area contributed by atoms with Crippen LogP contribution in [0.1, 0.15) is 13.3 Å². The van der Waals surface area contributed by atoms with Crippen molar-refractivity contribution in [3.05, 3.63) is 0 Å². The third-order valence-electron chi connectivity index (χ3n) is 1.65. The molecule has 0 saturated carbocycles. The predicted molar refractivity (Wildman–Crippen MR) is 52.4 cm³/mol. The van der Waals surface area contributed by atoms with Crippen LogP contribution >= 0.6 is 0 Å². The summed E-state index contributed by atoms with van der Waals surface area (Å²) >= 11 is 0. The molecule has 1 unspecified atom stereocenters. The molecular weight excluding hydrogens is 186 g/mol. The van der Waals surface area contributed by atoms with Gasteiger partial charge in [-0.15, -0.1) is 0 Å². The third kappa shape index (κ3) is 9.44. The number of carboxylic acid groups (broad SMARTS) is 1. The third-order valence-corrected chi connectivity index (χ3v) is 1.65. The Kier molecular flexibility index (Phi) is 8.51. The van der Waals surface area contributed by atoms with E-state index in [4.69, 9.17) is 14.6 Å². The van der Waals surface area contributed by atoms with Gasteiger partial charge < -0.3 is 19.9 Å². The summed E-state index contributed by atoms with van der Waals surface area (Å²) in [5.41, 5.74) is 0. The standard InChI is InChI=1S/C9H19NO4/c1-8(7-9(11)12)10-3-4-14-6-5-13-2/h8,10H,3-7H2,1-2H3,(H,11,12). The molecule has 1 atom stereocenters. The van der Waals surface area contributed by atoms with Crippen molar-refractivity contribution in [2.24, 2.45) is 0 Å². The molecule has 14 heavy (non-hydrogen) atoms. The van der Waals surface area contributed by atoms with Crippen molar-refractivity contribution in [3.63, 3.8) is 0 Å². The monoisotopic (exact) mass is 205 g/mol. The van der Waals surface area contributed by atoms with Gasteiger partial charge >= 0.3 is 5.97 Å². The zero-order valence-electron chi connectivity index (χ0n) is 8.78. The minimum atomic E-state index is -0.787. The molecule has 0 aromatic rings. The molecule has 84 valence electrons. The maximum Gasteiger partial charge on any atom is 0.304 e. The predicted octanol–water partition coefficient (Wildman–Crippen LogP) is 0.102. The molecule has 0 fully saturated rings. The maximum atomic E-state index is 10.3. The number of ether oxygens (including phenoxy) is 2. The van der Waals surface area contributed by atoms with Gasteiger partial charge in [0.1, 0.15) is 0 Å². The van der Waals surface area contributed by atoms with Crippen molar-refractivity contribution in [2.45, 2.75) is 19.4 Å². The van der Waals surface area contributed by atoms with E-state index in [0.29, 0.717) is 26.4 Å². The number of carboxylic acids is 1. The Morgan fingerprint density at radius 1 is 1.43 bits per heavy atom. The van der Waals surface area contributed by atoms with Crippen LogP contribution in [0.15, 0.2) is 0 Å². The smallest absolute Gasteiger partial charge is 0.304 e. The van der Waals surface area contributed by atoms with Crippen LogP contribution in [0, 0.1) is 0 Å². The summed E-state index contributed by atoms with van der Waals surface area (Å²) in [6, 6.07) is -0.0153. The molecule has 0 aliphatic heterocycles. The van der Waals surface area contributed by atoms with Gasteiger partial charge in [-0.1, -0.05) is 0 Å². The van der Waals surface area contributed by atoms with Gasteiger partial charge in [0.25, 0.3) is 0 Å². The Hall–Kier alpha value is -0.650. The van der Waals surface area contributed by atoms with Gasteiger partial charge in [-0.25, -0.2) is 0 Å². The second kappa shape index (κ2) is 8.93. The van der Waals surface area contributed by atoms with Crippen LogP contribution in [0.2, 0.25) is 0 Å². The molecule has 0 aliphatic carbocycles. The molecule has 0 aromatic heterocycles. The fraction of sp³-hybridized carbons (Fsp3) is 0.889. The van der Waals surface area contributed by atoms with Crippen molar-refractivity contribution in [2.75, 3.05) is 33.5 Å². The molecule has 0 spiro atoms. The first-order valence-corrected chi connectivity index (χ1v) is 4.68. The van der Waals surface area contributed by atoms with Gasteiger partial charge in [0.15, 0.2) is 0 Å². The molecule has 5 heteroatoms. The van der Waals surface area contributed by atoms with Crippen LogP contribution in [0.4, 0.5) is 0 Å². The summed E-state index contributed by atoms with van der Waals surface area (Å²) in [6.07, 6.45) is 0.137. The summed E-state index contributed by atoms with van der Waals surface area (Å²) in [6.45, 7) is 4.24. The van der Waals surface area contributed by atoms with Crippen LogP contribution in [-0.2, 0) is 14.3 Å². The van der Waals surface area contributed by atoms with Crippen molar-refractivity contribution in [1.29, 1.82) is 0 Å². The first-order valence-electron chi connectivity index (χ1n) is 4.68. The molecule has 0 bridgehead atoms. The topological polar surface area (TPSA) is 67.8 Å². The first-order chi connectivity index (χ1) is 6.66. The Labute approximate surface area is 84.4 Å². The molecule has 5 nitrogen and oxygen atoms in total. The second-order valence-electron chi connectivity index (χ2n) is 3.06. The molecule has 0 heterocycles. The summed E-state index contributed by atoms with van der Waals surface area (Å²) < 4.78 is 9.99. The SMILES string of the molecule is COCCOCCNC(C)CC(=O)O. The molecule has 2 N–H and O–H groups in total. The maximum absolute atomic E-state index is 10.3. The number of hydrogen-bond donors (Lipinski definition) is 2. The highest BCUT2D eigenvalue weighted by atomic mass is 16.5. The number of nitrogens with one attached hydrogen (secondary N) is 1. The molecular formula is C9H19NO4. The van der Waals surface area contributed by atoms with E-state index in [0.717, 1.165) is 0 Å². The van der Waals surface area contributed by atoms with Crippen molar-refractivity contribution in [1.82, 2.24) is 5.32 Å². The Balaban J connectivity index is 3.14. The zero-order chi connectivity index (χ0) is 10.8. The Morgan fingerprint density at radius 2 is 2.14 bits per heavy atom. The quantitative estimate of drug-likeness (QED) is 0.523. The lowest BCUT2D eigenvalue weighted by molar-refractivity contribution is -0.137. The highest BCUT2D eigenvalue weighted by Gasteiger charge is 2.05.